The number of fused-ring (bicyclic) bond motifs is 1. The Hall–Kier alpha value is -3.38. The lowest BCUT2D eigenvalue weighted by atomic mass is 10.1. The number of para-hydroxylation sites is 1. The van der Waals surface area contributed by atoms with Crippen LogP contribution in [-0.2, 0) is 16.6 Å². The van der Waals surface area contributed by atoms with E-state index in [1.807, 2.05) is 42.7 Å². The first-order valence-corrected chi connectivity index (χ1v) is 11.1. The quantitative estimate of drug-likeness (QED) is 0.521. The van der Waals surface area contributed by atoms with E-state index in [-0.39, 0.29) is 4.90 Å². The Balaban J connectivity index is 1.75. The molecule has 0 atom stereocenters. The SMILES string of the molecule is Cc1cc(C)cc(Cn2c(C(=O)NS(=O)(=O)c3ccccc3)cc3ccccc32)c1. The zero-order valence-electron chi connectivity index (χ0n) is 16.8. The van der Waals surface area contributed by atoms with E-state index in [1.54, 1.807) is 24.3 Å². The molecule has 1 amide bonds. The Morgan fingerprint density at radius 3 is 2.20 bits per heavy atom. The van der Waals surface area contributed by atoms with Gasteiger partial charge >= 0.3 is 0 Å². The molecule has 6 heteroatoms. The van der Waals surface area contributed by atoms with Gasteiger partial charge in [0.25, 0.3) is 15.9 Å². The second-order valence-corrected chi connectivity index (χ2v) is 9.10. The minimum absolute atomic E-state index is 0.0512. The summed E-state index contributed by atoms with van der Waals surface area (Å²) in [6, 6.07) is 23.5. The number of carbonyl (C=O) groups excluding carboxylic acids is 1. The fraction of sp³-hybridized carbons (Fsp3) is 0.125. The molecule has 152 valence electrons. The van der Waals surface area contributed by atoms with Crippen LogP contribution in [-0.4, -0.2) is 18.9 Å². The molecule has 1 aromatic heterocycles. The molecule has 0 saturated heterocycles. The van der Waals surface area contributed by atoms with Crippen molar-refractivity contribution < 1.29 is 13.2 Å². The topological polar surface area (TPSA) is 68.2 Å². The Morgan fingerprint density at radius 1 is 0.867 bits per heavy atom. The van der Waals surface area contributed by atoms with Crippen molar-refractivity contribution in [3.05, 3.63) is 101 Å². The largest absolute Gasteiger partial charge is 0.332 e. The Labute approximate surface area is 176 Å². The third-order valence-electron chi connectivity index (χ3n) is 4.95. The third-order valence-corrected chi connectivity index (χ3v) is 6.29. The van der Waals surface area contributed by atoms with Crippen LogP contribution in [0.25, 0.3) is 10.9 Å². The molecule has 0 aliphatic carbocycles. The lowest BCUT2D eigenvalue weighted by Gasteiger charge is -2.13. The Kier molecular flexibility index (Phi) is 5.18. The minimum Gasteiger partial charge on any atom is -0.332 e. The summed E-state index contributed by atoms with van der Waals surface area (Å²) < 4.78 is 29.4. The highest BCUT2D eigenvalue weighted by Crippen LogP contribution is 2.23. The number of nitrogens with zero attached hydrogens (tertiary/aromatic N) is 1. The molecule has 5 nitrogen and oxygen atoms in total. The average molecular weight is 419 g/mol. The van der Waals surface area contributed by atoms with Crippen LogP contribution in [0.3, 0.4) is 0 Å². The van der Waals surface area contributed by atoms with Gasteiger partial charge in [0.15, 0.2) is 0 Å². The summed E-state index contributed by atoms with van der Waals surface area (Å²) in [5.74, 6) is -0.653. The monoisotopic (exact) mass is 418 g/mol. The number of nitrogens with one attached hydrogen (secondary N) is 1. The molecule has 0 saturated carbocycles. The maximum absolute atomic E-state index is 13.0. The van der Waals surface area contributed by atoms with E-state index in [4.69, 9.17) is 0 Å². The van der Waals surface area contributed by atoms with E-state index in [0.29, 0.717) is 12.2 Å². The Bertz CT molecular complexity index is 1320. The maximum Gasteiger partial charge on any atom is 0.281 e. The number of amides is 1. The highest BCUT2D eigenvalue weighted by molar-refractivity contribution is 7.90. The zero-order valence-corrected chi connectivity index (χ0v) is 17.6. The second kappa shape index (κ2) is 7.80. The molecule has 0 radical (unpaired) electrons. The van der Waals surface area contributed by atoms with Crippen LogP contribution in [0, 0.1) is 13.8 Å². The second-order valence-electron chi connectivity index (χ2n) is 7.42. The lowest BCUT2D eigenvalue weighted by molar-refractivity contribution is 0.0973. The molecule has 0 aliphatic rings. The van der Waals surface area contributed by atoms with Gasteiger partial charge in [-0.2, -0.15) is 0 Å². The molecule has 1 heterocycles. The zero-order chi connectivity index (χ0) is 21.3. The minimum atomic E-state index is -3.96. The summed E-state index contributed by atoms with van der Waals surface area (Å²) in [5.41, 5.74) is 4.50. The van der Waals surface area contributed by atoms with Crippen LogP contribution in [0.1, 0.15) is 27.2 Å². The molecule has 0 unspecified atom stereocenters. The summed E-state index contributed by atoms with van der Waals surface area (Å²) in [4.78, 5) is 13.1. The van der Waals surface area contributed by atoms with E-state index >= 15 is 0 Å². The number of sulfonamides is 1. The Morgan fingerprint density at radius 2 is 1.50 bits per heavy atom. The smallest absolute Gasteiger partial charge is 0.281 e. The molecule has 0 aliphatic heterocycles. The molecule has 1 N–H and O–H groups in total. The van der Waals surface area contributed by atoms with Crippen molar-refractivity contribution >= 4 is 26.8 Å². The van der Waals surface area contributed by atoms with Crippen LogP contribution in [0.2, 0.25) is 0 Å². The van der Waals surface area contributed by atoms with Crippen molar-refractivity contribution in [2.24, 2.45) is 0 Å². The summed E-state index contributed by atoms with van der Waals surface area (Å²) in [7, 11) is -3.96. The van der Waals surface area contributed by atoms with Crippen LogP contribution >= 0.6 is 0 Å². The first-order valence-electron chi connectivity index (χ1n) is 9.61. The molecule has 0 spiro atoms. The lowest BCUT2D eigenvalue weighted by Crippen LogP contribution is -2.32. The van der Waals surface area contributed by atoms with Crippen molar-refractivity contribution in [2.75, 3.05) is 0 Å². The number of aromatic nitrogens is 1. The highest BCUT2D eigenvalue weighted by Gasteiger charge is 2.22. The highest BCUT2D eigenvalue weighted by atomic mass is 32.2. The predicted molar refractivity (Wildman–Crippen MR) is 118 cm³/mol. The molecular formula is C24H22N2O3S. The summed E-state index contributed by atoms with van der Waals surface area (Å²) in [6.45, 7) is 4.53. The van der Waals surface area contributed by atoms with Gasteiger partial charge in [-0.05, 0) is 43.7 Å². The van der Waals surface area contributed by atoms with Gasteiger partial charge in [0.1, 0.15) is 5.69 Å². The number of hydrogen-bond donors (Lipinski definition) is 1. The average Bonchev–Trinajstić information content (AvgIpc) is 3.06. The normalized spacial score (nSPS) is 11.5. The van der Waals surface area contributed by atoms with E-state index in [2.05, 4.69) is 22.9 Å². The fourth-order valence-electron chi connectivity index (χ4n) is 3.74. The standard InChI is InChI=1S/C24H22N2O3S/c1-17-12-18(2)14-19(13-17)16-26-22-11-7-6-8-20(22)15-23(26)24(27)25-30(28,29)21-9-4-3-5-10-21/h3-15H,16H2,1-2H3,(H,25,27). The van der Waals surface area contributed by atoms with E-state index in [0.717, 1.165) is 27.6 Å². The van der Waals surface area contributed by atoms with Gasteiger partial charge < -0.3 is 4.57 Å². The maximum atomic E-state index is 13.0. The van der Waals surface area contributed by atoms with Crippen LogP contribution in [0.5, 0.6) is 0 Å². The number of rotatable bonds is 5. The number of carbonyl (C=O) groups is 1. The first kappa shape index (κ1) is 19.9. The van der Waals surface area contributed by atoms with Crippen LogP contribution in [0.15, 0.2) is 83.8 Å². The molecule has 0 bridgehead atoms. The molecule has 4 aromatic rings. The van der Waals surface area contributed by atoms with Gasteiger partial charge in [0, 0.05) is 17.4 Å². The van der Waals surface area contributed by atoms with Crippen molar-refractivity contribution in [3.8, 4) is 0 Å². The van der Waals surface area contributed by atoms with E-state index in [9.17, 15) is 13.2 Å². The van der Waals surface area contributed by atoms with Crippen LogP contribution < -0.4 is 4.72 Å². The van der Waals surface area contributed by atoms with Gasteiger partial charge in [-0.25, -0.2) is 13.1 Å². The number of aryl methyl sites for hydroxylation is 2. The van der Waals surface area contributed by atoms with Gasteiger partial charge in [0.2, 0.25) is 0 Å². The van der Waals surface area contributed by atoms with Gasteiger partial charge in [-0.1, -0.05) is 65.7 Å². The summed E-state index contributed by atoms with van der Waals surface area (Å²) in [5, 5.41) is 0.879. The van der Waals surface area contributed by atoms with E-state index in [1.165, 1.54) is 12.1 Å². The molecule has 4 rings (SSSR count). The fourth-order valence-corrected chi connectivity index (χ4v) is 4.73. The molecule has 3 aromatic carbocycles. The first-order chi connectivity index (χ1) is 14.3. The van der Waals surface area contributed by atoms with Crippen molar-refractivity contribution in [2.45, 2.75) is 25.3 Å². The predicted octanol–water partition coefficient (Wildman–Crippen LogP) is 4.43. The van der Waals surface area contributed by atoms with Gasteiger partial charge in [-0.15, -0.1) is 0 Å². The van der Waals surface area contributed by atoms with Crippen molar-refractivity contribution in [3.63, 3.8) is 0 Å². The summed E-state index contributed by atoms with van der Waals surface area (Å²) in [6.07, 6.45) is 0. The van der Waals surface area contributed by atoms with Crippen molar-refractivity contribution in [1.29, 1.82) is 0 Å². The third kappa shape index (κ3) is 4.00. The number of hydrogen-bond acceptors (Lipinski definition) is 3. The molecular weight excluding hydrogens is 396 g/mol. The summed E-state index contributed by atoms with van der Waals surface area (Å²) >= 11 is 0. The van der Waals surface area contributed by atoms with Crippen LogP contribution in [0.4, 0.5) is 0 Å². The van der Waals surface area contributed by atoms with E-state index < -0.39 is 15.9 Å². The molecule has 0 fully saturated rings. The van der Waals surface area contributed by atoms with Gasteiger partial charge in [0.05, 0.1) is 4.90 Å². The van der Waals surface area contributed by atoms with Crippen molar-refractivity contribution in [1.82, 2.24) is 9.29 Å². The molecule has 30 heavy (non-hydrogen) atoms. The number of benzene rings is 3. The van der Waals surface area contributed by atoms with Gasteiger partial charge in [-0.3, -0.25) is 4.79 Å².